The van der Waals surface area contributed by atoms with Crippen LogP contribution in [0.3, 0.4) is 0 Å². The van der Waals surface area contributed by atoms with Crippen LogP contribution >= 0.6 is 0 Å². The second-order valence-electron chi connectivity index (χ2n) is 5.91. The van der Waals surface area contributed by atoms with Crippen LogP contribution in [0.15, 0.2) is 18.2 Å². The van der Waals surface area contributed by atoms with Crippen LogP contribution in [0, 0.1) is 17.2 Å². The lowest BCUT2D eigenvalue weighted by atomic mass is 9.81. The minimum absolute atomic E-state index is 0.816. The summed E-state index contributed by atoms with van der Waals surface area (Å²) in [5, 5.41) is 8.93. The normalized spacial score (nSPS) is 17.8. The van der Waals surface area contributed by atoms with E-state index < -0.39 is 0 Å². The highest BCUT2D eigenvalue weighted by atomic mass is 14.3. The fourth-order valence-corrected chi connectivity index (χ4v) is 3.18. The standard InChI is InChI=1S/C18H25N/c1-2-3-4-5-6-7-15-8-10-18-13-16(14-19)9-11-17(18)12-15/h9,11,13,15H,2-8,10,12H2,1H3. The summed E-state index contributed by atoms with van der Waals surface area (Å²) in [5.41, 5.74) is 3.72. The molecular formula is C18H25N. The molecule has 1 aliphatic carbocycles. The quantitative estimate of drug-likeness (QED) is 0.654. The Hall–Kier alpha value is -1.29. The van der Waals surface area contributed by atoms with Crippen molar-refractivity contribution < 1.29 is 0 Å². The molecule has 0 spiro atoms. The van der Waals surface area contributed by atoms with E-state index in [0.29, 0.717) is 0 Å². The number of unbranched alkanes of at least 4 members (excludes halogenated alkanes) is 4. The van der Waals surface area contributed by atoms with Crippen molar-refractivity contribution in [3.63, 3.8) is 0 Å². The fraction of sp³-hybridized carbons (Fsp3) is 0.611. The first-order chi connectivity index (χ1) is 9.33. The van der Waals surface area contributed by atoms with Crippen molar-refractivity contribution in [2.75, 3.05) is 0 Å². The van der Waals surface area contributed by atoms with Crippen molar-refractivity contribution in [3.8, 4) is 6.07 Å². The van der Waals surface area contributed by atoms with Crippen molar-refractivity contribution in [1.29, 1.82) is 5.26 Å². The van der Waals surface area contributed by atoms with E-state index in [2.05, 4.69) is 25.1 Å². The molecular weight excluding hydrogens is 230 g/mol. The molecule has 0 aromatic heterocycles. The van der Waals surface area contributed by atoms with Gasteiger partial charge in [0.25, 0.3) is 0 Å². The zero-order chi connectivity index (χ0) is 13.5. The van der Waals surface area contributed by atoms with E-state index in [4.69, 9.17) is 5.26 Å². The fourth-order valence-electron chi connectivity index (χ4n) is 3.18. The van der Waals surface area contributed by atoms with Crippen LogP contribution in [0.2, 0.25) is 0 Å². The van der Waals surface area contributed by atoms with E-state index >= 15 is 0 Å². The highest BCUT2D eigenvalue weighted by molar-refractivity contribution is 5.39. The number of nitrogens with zero attached hydrogens (tertiary/aromatic N) is 1. The third kappa shape index (κ3) is 4.10. The number of rotatable bonds is 6. The van der Waals surface area contributed by atoms with Gasteiger partial charge in [-0.2, -0.15) is 5.26 Å². The smallest absolute Gasteiger partial charge is 0.0991 e. The number of aryl methyl sites for hydroxylation is 1. The Kier molecular flexibility index (Phi) is 5.45. The minimum atomic E-state index is 0.816. The van der Waals surface area contributed by atoms with Gasteiger partial charge in [-0.1, -0.05) is 51.5 Å². The first kappa shape index (κ1) is 14.1. The van der Waals surface area contributed by atoms with E-state index in [1.165, 1.54) is 68.9 Å². The van der Waals surface area contributed by atoms with E-state index in [-0.39, 0.29) is 0 Å². The van der Waals surface area contributed by atoms with Gasteiger partial charge in [0.05, 0.1) is 11.6 Å². The van der Waals surface area contributed by atoms with Gasteiger partial charge in [-0.25, -0.2) is 0 Å². The maximum atomic E-state index is 8.93. The van der Waals surface area contributed by atoms with Gasteiger partial charge in [0.2, 0.25) is 0 Å². The number of fused-ring (bicyclic) bond motifs is 1. The summed E-state index contributed by atoms with van der Waals surface area (Å²) in [6.45, 7) is 2.27. The van der Waals surface area contributed by atoms with Gasteiger partial charge in [-0.3, -0.25) is 0 Å². The molecule has 0 fully saturated rings. The minimum Gasteiger partial charge on any atom is -0.192 e. The third-order valence-corrected chi connectivity index (χ3v) is 4.38. The van der Waals surface area contributed by atoms with Crippen molar-refractivity contribution in [2.24, 2.45) is 5.92 Å². The molecule has 0 amide bonds. The summed E-state index contributed by atoms with van der Waals surface area (Å²) in [4.78, 5) is 0. The lowest BCUT2D eigenvalue weighted by Gasteiger charge is -2.24. The van der Waals surface area contributed by atoms with Crippen molar-refractivity contribution in [3.05, 3.63) is 34.9 Å². The molecule has 1 aromatic rings. The van der Waals surface area contributed by atoms with Gasteiger partial charge < -0.3 is 0 Å². The summed E-state index contributed by atoms with van der Waals surface area (Å²) in [6.07, 6.45) is 12.0. The van der Waals surface area contributed by atoms with Gasteiger partial charge in [0.15, 0.2) is 0 Å². The molecule has 2 rings (SSSR count). The summed E-state index contributed by atoms with van der Waals surface area (Å²) >= 11 is 0. The largest absolute Gasteiger partial charge is 0.192 e. The predicted molar refractivity (Wildman–Crippen MR) is 80.0 cm³/mol. The van der Waals surface area contributed by atoms with Crippen LogP contribution < -0.4 is 0 Å². The molecule has 1 atom stereocenters. The topological polar surface area (TPSA) is 23.8 Å². The van der Waals surface area contributed by atoms with Crippen LogP contribution in [0.5, 0.6) is 0 Å². The molecule has 0 N–H and O–H groups in total. The predicted octanol–water partition coefficient (Wildman–Crippen LogP) is 5.02. The summed E-state index contributed by atoms with van der Waals surface area (Å²) < 4.78 is 0. The number of hydrogen-bond acceptors (Lipinski definition) is 1. The number of benzene rings is 1. The van der Waals surface area contributed by atoms with Crippen LogP contribution in [0.1, 0.15) is 68.6 Å². The Labute approximate surface area is 117 Å². The van der Waals surface area contributed by atoms with E-state index in [9.17, 15) is 0 Å². The molecule has 0 radical (unpaired) electrons. The van der Waals surface area contributed by atoms with Gasteiger partial charge in [0.1, 0.15) is 0 Å². The summed E-state index contributed by atoms with van der Waals surface area (Å²) in [6, 6.07) is 8.48. The lowest BCUT2D eigenvalue weighted by molar-refractivity contribution is 0.405. The zero-order valence-corrected chi connectivity index (χ0v) is 12.1. The van der Waals surface area contributed by atoms with Crippen molar-refractivity contribution in [1.82, 2.24) is 0 Å². The Balaban J connectivity index is 1.80. The molecule has 0 heterocycles. The Morgan fingerprint density at radius 2 is 2.00 bits per heavy atom. The second-order valence-corrected chi connectivity index (χ2v) is 5.91. The van der Waals surface area contributed by atoms with Crippen LogP contribution in [0.4, 0.5) is 0 Å². The molecule has 0 saturated heterocycles. The SMILES string of the molecule is CCCCCCCC1CCc2cc(C#N)ccc2C1. The highest BCUT2D eigenvalue weighted by Gasteiger charge is 2.18. The van der Waals surface area contributed by atoms with Gasteiger partial charge in [-0.05, 0) is 48.4 Å². The van der Waals surface area contributed by atoms with E-state index in [0.717, 1.165) is 11.5 Å². The number of hydrogen-bond donors (Lipinski definition) is 0. The maximum Gasteiger partial charge on any atom is 0.0991 e. The summed E-state index contributed by atoms with van der Waals surface area (Å²) in [7, 11) is 0. The third-order valence-electron chi connectivity index (χ3n) is 4.38. The maximum absolute atomic E-state index is 8.93. The monoisotopic (exact) mass is 255 g/mol. The second kappa shape index (κ2) is 7.34. The Morgan fingerprint density at radius 1 is 1.16 bits per heavy atom. The van der Waals surface area contributed by atoms with E-state index in [1.54, 1.807) is 0 Å². The molecule has 19 heavy (non-hydrogen) atoms. The first-order valence-electron chi connectivity index (χ1n) is 7.85. The molecule has 0 bridgehead atoms. The van der Waals surface area contributed by atoms with Crippen LogP contribution in [-0.2, 0) is 12.8 Å². The molecule has 1 heteroatoms. The molecule has 1 nitrogen and oxygen atoms in total. The first-order valence-corrected chi connectivity index (χ1v) is 7.85. The van der Waals surface area contributed by atoms with E-state index in [1.807, 2.05) is 6.07 Å². The van der Waals surface area contributed by atoms with Gasteiger partial charge in [0, 0.05) is 0 Å². The zero-order valence-electron chi connectivity index (χ0n) is 12.1. The molecule has 0 saturated carbocycles. The average molecular weight is 255 g/mol. The van der Waals surface area contributed by atoms with Crippen molar-refractivity contribution >= 4 is 0 Å². The van der Waals surface area contributed by atoms with Crippen molar-refractivity contribution in [2.45, 2.75) is 64.7 Å². The molecule has 1 aliphatic rings. The van der Waals surface area contributed by atoms with Crippen LogP contribution in [-0.4, -0.2) is 0 Å². The van der Waals surface area contributed by atoms with Gasteiger partial charge in [-0.15, -0.1) is 0 Å². The Morgan fingerprint density at radius 3 is 2.79 bits per heavy atom. The molecule has 1 unspecified atom stereocenters. The number of nitriles is 1. The summed E-state index contributed by atoms with van der Waals surface area (Å²) in [5.74, 6) is 0.877. The molecule has 0 aliphatic heterocycles. The lowest BCUT2D eigenvalue weighted by Crippen LogP contribution is -2.14. The highest BCUT2D eigenvalue weighted by Crippen LogP contribution is 2.29. The molecule has 102 valence electrons. The van der Waals surface area contributed by atoms with Crippen LogP contribution in [0.25, 0.3) is 0 Å². The molecule has 1 aromatic carbocycles. The Bertz CT molecular complexity index is 441. The average Bonchev–Trinajstić information content (AvgIpc) is 2.46. The van der Waals surface area contributed by atoms with Gasteiger partial charge >= 0.3 is 0 Å².